The van der Waals surface area contributed by atoms with Gasteiger partial charge in [0.15, 0.2) is 0 Å². The molecule has 4 rings (SSSR count). The van der Waals surface area contributed by atoms with E-state index in [-0.39, 0.29) is 51.0 Å². The molecule has 0 N–H and O–H groups in total. The molecule has 0 bridgehead atoms. The number of halogens is 2. The molecular weight excluding hydrogens is 503 g/mol. The Labute approximate surface area is 217 Å². The van der Waals surface area contributed by atoms with Crippen LogP contribution in [0.25, 0.3) is 21.5 Å². The average molecular weight is 535 g/mol. The van der Waals surface area contributed by atoms with Gasteiger partial charge in [0.05, 0.1) is 0 Å². The fourth-order valence-corrected chi connectivity index (χ4v) is 3.47. The third-order valence-corrected chi connectivity index (χ3v) is 4.93. The summed E-state index contributed by atoms with van der Waals surface area (Å²) in [6, 6.07) is 17.8. The minimum atomic E-state index is 0. The van der Waals surface area contributed by atoms with Crippen LogP contribution < -0.4 is 24.8 Å². The molecule has 0 nitrogen and oxygen atoms in total. The first kappa shape index (κ1) is 31.5. The maximum Gasteiger partial charge on any atom is 4.00 e. The Balaban J connectivity index is 0. The molecule has 30 heavy (non-hydrogen) atoms. The van der Waals surface area contributed by atoms with Crippen LogP contribution in [-0.2, 0) is 26.2 Å². The Morgan fingerprint density at radius 2 is 0.833 bits per heavy atom. The predicted molar refractivity (Wildman–Crippen MR) is 125 cm³/mol. The van der Waals surface area contributed by atoms with Gasteiger partial charge < -0.3 is 24.8 Å². The zero-order chi connectivity index (χ0) is 20.1. The van der Waals surface area contributed by atoms with E-state index < -0.39 is 0 Å². The standard InChI is InChI=1S/2C12H13.C2H6Si.2ClH.Zr/c2*1-8-6-11-9(2)4-5-10(3)12(11)7-8;1-3-2;;;/h2*4-7H,1-3H3;1-2H3;2*1H;/q2*-1;;;;+4/p-2. The Kier molecular flexibility index (Phi) is 15.1. The Hall–Kier alpha value is -0.660. The summed E-state index contributed by atoms with van der Waals surface area (Å²) in [5.41, 5.74) is 8.24. The van der Waals surface area contributed by atoms with Crippen molar-refractivity contribution >= 4 is 31.1 Å². The quantitative estimate of drug-likeness (QED) is 0.238. The zero-order valence-corrected chi connectivity index (χ0v) is 24.3. The molecule has 2 radical (unpaired) electrons. The SMILES string of the molecule is C[Si]C.Cc1cc2c(C)ccc(C)c2[cH-]1.Cc1cc2c(C)ccc(C)c2[cH-]1.[Cl-].[Cl-].[Zr+4]. The van der Waals surface area contributed by atoms with Gasteiger partial charge in [-0.3, -0.25) is 0 Å². The van der Waals surface area contributed by atoms with Crippen molar-refractivity contribution in [1.82, 2.24) is 0 Å². The van der Waals surface area contributed by atoms with Gasteiger partial charge in [0.25, 0.3) is 0 Å². The first-order valence-corrected chi connectivity index (χ1v) is 11.6. The van der Waals surface area contributed by atoms with Gasteiger partial charge in [-0.15, -0.1) is 68.1 Å². The zero-order valence-electron chi connectivity index (χ0n) is 19.4. The fraction of sp³-hybridized carbons (Fsp3) is 0.308. The van der Waals surface area contributed by atoms with Crippen molar-refractivity contribution in [3.05, 3.63) is 81.9 Å². The number of fused-ring (bicyclic) bond motifs is 2. The van der Waals surface area contributed by atoms with Gasteiger partial charge in [-0.2, -0.15) is 12.1 Å². The summed E-state index contributed by atoms with van der Waals surface area (Å²) >= 11 is 0. The third kappa shape index (κ3) is 7.79. The maximum absolute atomic E-state index is 2.26. The van der Waals surface area contributed by atoms with Crippen LogP contribution in [0.2, 0.25) is 13.1 Å². The van der Waals surface area contributed by atoms with Crippen molar-refractivity contribution in [2.45, 2.75) is 54.6 Å². The van der Waals surface area contributed by atoms with Gasteiger partial charge in [-0.1, -0.05) is 64.0 Å². The third-order valence-electron chi connectivity index (χ3n) is 4.93. The molecule has 0 heterocycles. The summed E-state index contributed by atoms with van der Waals surface area (Å²) in [5.74, 6) is 0. The molecule has 4 aromatic carbocycles. The average Bonchev–Trinajstić information content (AvgIpc) is 3.20. The van der Waals surface area contributed by atoms with Crippen molar-refractivity contribution in [2.24, 2.45) is 0 Å². The van der Waals surface area contributed by atoms with Crippen molar-refractivity contribution in [2.75, 3.05) is 0 Å². The topological polar surface area (TPSA) is 0 Å². The molecule has 0 atom stereocenters. The molecular formula is C26H32Cl2SiZr. The summed E-state index contributed by atoms with van der Waals surface area (Å²) in [6.45, 7) is 17.3. The van der Waals surface area contributed by atoms with Crippen molar-refractivity contribution in [3.63, 3.8) is 0 Å². The van der Waals surface area contributed by atoms with E-state index in [0.717, 1.165) is 9.52 Å². The molecule has 0 saturated carbocycles. The molecule has 0 unspecified atom stereocenters. The van der Waals surface area contributed by atoms with E-state index in [4.69, 9.17) is 0 Å². The molecule has 0 saturated heterocycles. The summed E-state index contributed by atoms with van der Waals surface area (Å²) < 4.78 is 0. The van der Waals surface area contributed by atoms with Crippen LogP contribution >= 0.6 is 0 Å². The van der Waals surface area contributed by atoms with Crippen LogP contribution in [0.3, 0.4) is 0 Å². The molecule has 0 spiro atoms. The number of rotatable bonds is 0. The normalized spacial score (nSPS) is 9.33. The molecule has 4 aromatic rings. The van der Waals surface area contributed by atoms with Gasteiger partial charge in [0.1, 0.15) is 0 Å². The van der Waals surface area contributed by atoms with E-state index in [1.54, 1.807) is 0 Å². The summed E-state index contributed by atoms with van der Waals surface area (Å²) in [7, 11) is 1.08. The molecule has 0 amide bonds. The molecule has 4 heteroatoms. The molecule has 158 valence electrons. The molecule has 0 fully saturated rings. The first-order chi connectivity index (χ1) is 12.8. The van der Waals surface area contributed by atoms with Crippen molar-refractivity contribution in [1.29, 1.82) is 0 Å². The summed E-state index contributed by atoms with van der Waals surface area (Å²) in [6.07, 6.45) is 0. The second kappa shape index (κ2) is 14.4. The number of aryl methyl sites for hydroxylation is 6. The second-order valence-corrected chi connectivity index (χ2v) is 8.62. The number of benzene rings is 2. The van der Waals surface area contributed by atoms with Crippen molar-refractivity contribution in [3.8, 4) is 0 Å². The van der Waals surface area contributed by atoms with Crippen LogP contribution in [-0.4, -0.2) is 9.52 Å². The van der Waals surface area contributed by atoms with E-state index >= 15 is 0 Å². The Morgan fingerprint density at radius 1 is 0.567 bits per heavy atom. The molecule has 0 aromatic heterocycles. The monoisotopic (exact) mass is 532 g/mol. The van der Waals surface area contributed by atoms with Gasteiger partial charge >= 0.3 is 26.2 Å². The van der Waals surface area contributed by atoms with Crippen LogP contribution in [0.1, 0.15) is 33.4 Å². The van der Waals surface area contributed by atoms with E-state index in [0.29, 0.717) is 0 Å². The minimum absolute atomic E-state index is 0. The maximum atomic E-state index is 2.26. The number of hydrogen-bond acceptors (Lipinski definition) is 0. The predicted octanol–water partition coefficient (Wildman–Crippen LogP) is 1.76. The first-order valence-electron chi connectivity index (χ1n) is 9.63. The Bertz CT molecular complexity index is 882. The van der Waals surface area contributed by atoms with E-state index in [1.165, 1.54) is 54.9 Å². The van der Waals surface area contributed by atoms with E-state index in [9.17, 15) is 0 Å². The van der Waals surface area contributed by atoms with Gasteiger partial charge in [0, 0.05) is 9.52 Å². The van der Waals surface area contributed by atoms with Gasteiger partial charge in [-0.25, -0.2) is 0 Å². The smallest absolute Gasteiger partial charge is 1.00 e. The van der Waals surface area contributed by atoms with Crippen molar-refractivity contribution < 1.29 is 51.0 Å². The number of hydrogen-bond donors (Lipinski definition) is 0. The second-order valence-electron chi connectivity index (χ2n) is 7.62. The largest absolute Gasteiger partial charge is 4.00 e. The fourth-order valence-electron chi connectivity index (χ4n) is 3.47. The Morgan fingerprint density at radius 3 is 1.10 bits per heavy atom. The molecule has 0 aliphatic rings. The van der Waals surface area contributed by atoms with E-state index in [1.807, 2.05) is 0 Å². The summed E-state index contributed by atoms with van der Waals surface area (Å²) in [5, 5.41) is 5.64. The summed E-state index contributed by atoms with van der Waals surface area (Å²) in [4.78, 5) is 0. The molecule has 0 aliphatic carbocycles. The van der Waals surface area contributed by atoms with E-state index in [2.05, 4.69) is 103 Å². The van der Waals surface area contributed by atoms with Crippen LogP contribution in [0.15, 0.2) is 48.5 Å². The van der Waals surface area contributed by atoms with Crippen LogP contribution in [0.4, 0.5) is 0 Å². The van der Waals surface area contributed by atoms with Crippen LogP contribution in [0.5, 0.6) is 0 Å². The minimum Gasteiger partial charge on any atom is -1.00 e. The van der Waals surface area contributed by atoms with Gasteiger partial charge in [-0.05, 0) is 13.8 Å². The van der Waals surface area contributed by atoms with Gasteiger partial charge in [0.2, 0.25) is 0 Å². The van der Waals surface area contributed by atoms with Crippen LogP contribution in [0, 0.1) is 41.5 Å². The molecule has 0 aliphatic heterocycles.